The lowest BCUT2D eigenvalue weighted by Gasteiger charge is -2.10. The van der Waals surface area contributed by atoms with Crippen LogP contribution in [0.15, 0.2) is 98.4 Å². The highest BCUT2D eigenvalue weighted by atomic mass is 19.4. The van der Waals surface area contributed by atoms with Crippen molar-refractivity contribution in [2.45, 2.75) is 26.9 Å². The van der Waals surface area contributed by atoms with Gasteiger partial charge in [0.05, 0.1) is 11.4 Å². The van der Waals surface area contributed by atoms with E-state index in [1.807, 2.05) is 67.6 Å². The molecule has 1 heterocycles. The first-order chi connectivity index (χ1) is 14.7. The quantitative estimate of drug-likeness (QED) is 0.547. The number of halogens is 3. The fraction of sp³-hybridized carbons (Fsp3) is 0.167. The van der Waals surface area contributed by atoms with Crippen molar-refractivity contribution >= 4 is 28.9 Å². The van der Waals surface area contributed by atoms with Crippen molar-refractivity contribution < 1.29 is 13.2 Å². The Morgan fingerprint density at radius 3 is 1.74 bits per heavy atom. The molecule has 0 spiro atoms. The summed E-state index contributed by atoms with van der Waals surface area (Å²) in [6, 6.07) is 18.4. The second-order valence-corrected chi connectivity index (χ2v) is 6.90. The van der Waals surface area contributed by atoms with Crippen molar-refractivity contribution in [3.63, 3.8) is 0 Å². The van der Waals surface area contributed by atoms with Gasteiger partial charge in [-0.15, -0.1) is 0 Å². The van der Waals surface area contributed by atoms with Gasteiger partial charge in [0.15, 0.2) is 0 Å². The normalized spacial score (nSPS) is 19.3. The van der Waals surface area contributed by atoms with Crippen molar-refractivity contribution in [3.05, 3.63) is 89.5 Å². The molecule has 1 aliphatic heterocycles. The molecule has 4 nitrogen and oxygen atoms in total. The summed E-state index contributed by atoms with van der Waals surface area (Å²) in [7, 11) is 0. The number of nitrogens with zero attached hydrogens (tertiary/aromatic N) is 4. The molecule has 2 aromatic rings. The molecule has 7 heteroatoms. The Kier molecular flexibility index (Phi) is 6.74. The van der Waals surface area contributed by atoms with E-state index in [0.717, 1.165) is 16.7 Å². The molecule has 158 valence electrons. The van der Waals surface area contributed by atoms with E-state index in [4.69, 9.17) is 0 Å². The molecule has 0 atom stereocenters. The first kappa shape index (κ1) is 22.1. The predicted molar refractivity (Wildman–Crippen MR) is 121 cm³/mol. The van der Waals surface area contributed by atoms with Crippen LogP contribution in [0.2, 0.25) is 0 Å². The van der Waals surface area contributed by atoms with Crippen LogP contribution in [0.25, 0.3) is 5.70 Å². The van der Waals surface area contributed by atoms with E-state index in [0.29, 0.717) is 11.4 Å². The number of aliphatic imine (C=N–C) groups is 4. The van der Waals surface area contributed by atoms with Crippen LogP contribution in [0.1, 0.15) is 31.9 Å². The van der Waals surface area contributed by atoms with Crippen LogP contribution in [-0.4, -0.2) is 29.4 Å². The minimum Gasteiger partial charge on any atom is -0.233 e. The standard InChI is InChI=1S/C24H21F3N4/c1-16-14-21(19-10-6-4-7-11-19)28-17(2)30-23(24(25,26)27)31-18(3)29-22(15-16)20-12-8-5-9-13-20/h4-15H,1-3H3/b16-14+,16-15?,21-14?,22-15-,28-17?,28-21?,29-18?,29-22?,30-17?,30-23?,31-18?,31-23?. The first-order valence-corrected chi connectivity index (χ1v) is 9.58. The Hall–Kier alpha value is -3.61. The van der Waals surface area contributed by atoms with Gasteiger partial charge in [-0.2, -0.15) is 13.2 Å². The molecule has 0 N–H and O–H groups in total. The van der Waals surface area contributed by atoms with Gasteiger partial charge in [0.25, 0.3) is 0 Å². The second kappa shape index (κ2) is 9.47. The van der Waals surface area contributed by atoms with Gasteiger partial charge >= 0.3 is 6.18 Å². The summed E-state index contributed by atoms with van der Waals surface area (Å²) in [5.41, 5.74) is 3.32. The number of hydrogen-bond acceptors (Lipinski definition) is 4. The number of amidine groups is 3. The summed E-state index contributed by atoms with van der Waals surface area (Å²) in [6.07, 6.45) is -1.14. The Labute approximate surface area is 179 Å². The number of rotatable bonds is 2. The Morgan fingerprint density at radius 1 is 0.613 bits per heavy atom. The fourth-order valence-corrected chi connectivity index (χ4v) is 2.91. The monoisotopic (exact) mass is 422 g/mol. The zero-order chi connectivity index (χ0) is 22.4. The van der Waals surface area contributed by atoms with Gasteiger partial charge in [-0.05, 0) is 38.5 Å². The maximum atomic E-state index is 13.6. The lowest BCUT2D eigenvalue weighted by atomic mass is 10.1. The van der Waals surface area contributed by atoms with E-state index in [-0.39, 0.29) is 11.7 Å². The third-order valence-corrected chi connectivity index (χ3v) is 4.22. The lowest BCUT2D eigenvalue weighted by molar-refractivity contribution is -0.0595. The van der Waals surface area contributed by atoms with Gasteiger partial charge in [0.1, 0.15) is 11.7 Å². The summed E-state index contributed by atoms with van der Waals surface area (Å²) in [4.78, 5) is 16.0. The van der Waals surface area contributed by atoms with Gasteiger partial charge in [-0.3, -0.25) is 0 Å². The molecule has 0 saturated heterocycles. The fourth-order valence-electron chi connectivity index (χ4n) is 2.91. The van der Waals surface area contributed by atoms with E-state index in [1.54, 1.807) is 12.2 Å². The van der Waals surface area contributed by atoms with Gasteiger partial charge in [-0.25, -0.2) is 20.0 Å². The summed E-state index contributed by atoms with van der Waals surface area (Å²) < 4.78 is 40.7. The summed E-state index contributed by atoms with van der Waals surface area (Å²) in [5.74, 6) is -1.41. The van der Waals surface area contributed by atoms with Crippen molar-refractivity contribution in [2.75, 3.05) is 0 Å². The smallest absolute Gasteiger partial charge is 0.233 e. The number of benzene rings is 2. The molecule has 0 amide bonds. The van der Waals surface area contributed by atoms with Crippen molar-refractivity contribution in [1.82, 2.24) is 0 Å². The SMILES string of the molecule is CC1=NC(C(F)(F)F)=NC(C)=N/C(c2ccccc2)=C\C(C)=C\C(c2ccccc2)=N1. The molecule has 2 aromatic carbocycles. The highest BCUT2D eigenvalue weighted by Crippen LogP contribution is 2.22. The Balaban J connectivity index is 2.26. The lowest BCUT2D eigenvalue weighted by Crippen LogP contribution is -2.23. The Morgan fingerprint density at radius 2 is 1.16 bits per heavy atom. The molecule has 0 aromatic heterocycles. The molecular weight excluding hydrogens is 401 g/mol. The minimum atomic E-state index is -4.74. The summed E-state index contributed by atoms with van der Waals surface area (Å²) in [6.45, 7) is 4.71. The van der Waals surface area contributed by atoms with Gasteiger partial charge in [0, 0.05) is 11.1 Å². The molecule has 0 saturated carbocycles. The van der Waals surface area contributed by atoms with E-state index < -0.39 is 12.0 Å². The van der Waals surface area contributed by atoms with Gasteiger partial charge in [-0.1, -0.05) is 60.7 Å². The van der Waals surface area contributed by atoms with E-state index in [9.17, 15) is 13.2 Å². The van der Waals surface area contributed by atoms with Crippen molar-refractivity contribution in [3.8, 4) is 0 Å². The summed E-state index contributed by atoms with van der Waals surface area (Å²) in [5, 5.41) is 0. The second-order valence-electron chi connectivity index (χ2n) is 6.90. The van der Waals surface area contributed by atoms with Crippen LogP contribution in [0, 0.1) is 0 Å². The minimum absolute atomic E-state index is 0.0559. The van der Waals surface area contributed by atoms with Crippen molar-refractivity contribution in [1.29, 1.82) is 0 Å². The zero-order valence-corrected chi connectivity index (χ0v) is 17.4. The topological polar surface area (TPSA) is 49.4 Å². The van der Waals surface area contributed by atoms with Crippen LogP contribution in [0.4, 0.5) is 13.2 Å². The number of hydrogen-bond donors (Lipinski definition) is 0. The average Bonchev–Trinajstić information content (AvgIpc) is 2.72. The van der Waals surface area contributed by atoms with E-state index in [2.05, 4.69) is 20.0 Å². The molecule has 0 aliphatic carbocycles. The zero-order valence-electron chi connectivity index (χ0n) is 17.4. The van der Waals surface area contributed by atoms with Gasteiger partial charge in [0.2, 0.25) is 5.84 Å². The molecular formula is C24H21F3N4. The summed E-state index contributed by atoms with van der Waals surface area (Å²) >= 11 is 0. The van der Waals surface area contributed by atoms with Crippen LogP contribution >= 0.6 is 0 Å². The highest BCUT2D eigenvalue weighted by molar-refractivity contribution is 6.16. The molecule has 31 heavy (non-hydrogen) atoms. The largest absolute Gasteiger partial charge is 0.451 e. The van der Waals surface area contributed by atoms with Crippen LogP contribution < -0.4 is 0 Å². The molecule has 0 unspecified atom stereocenters. The molecule has 0 radical (unpaired) electrons. The van der Waals surface area contributed by atoms with Crippen LogP contribution in [0.5, 0.6) is 0 Å². The number of alkyl halides is 3. The first-order valence-electron chi connectivity index (χ1n) is 9.58. The number of allylic oxidation sites excluding steroid dienone is 3. The van der Waals surface area contributed by atoms with E-state index >= 15 is 0 Å². The van der Waals surface area contributed by atoms with Crippen LogP contribution in [-0.2, 0) is 0 Å². The van der Waals surface area contributed by atoms with E-state index in [1.165, 1.54) is 13.8 Å². The molecule has 3 rings (SSSR count). The third-order valence-electron chi connectivity index (χ3n) is 4.22. The predicted octanol–water partition coefficient (Wildman–Crippen LogP) is 6.27. The Bertz CT molecular complexity index is 1080. The van der Waals surface area contributed by atoms with Crippen LogP contribution in [0.3, 0.4) is 0 Å². The highest BCUT2D eigenvalue weighted by Gasteiger charge is 2.36. The molecule has 0 fully saturated rings. The third kappa shape index (κ3) is 6.18. The maximum absolute atomic E-state index is 13.6. The molecule has 1 aliphatic rings. The molecule has 0 bridgehead atoms. The maximum Gasteiger partial charge on any atom is 0.451 e. The average molecular weight is 422 g/mol. The van der Waals surface area contributed by atoms with Crippen molar-refractivity contribution in [2.24, 2.45) is 20.0 Å². The van der Waals surface area contributed by atoms with Gasteiger partial charge < -0.3 is 0 Å².